The van der Waals surface area contributed by atoms with Crippen molar-refractivity contribution in [2.75, 3.05) is 18.0 Å². The number of piperidine rings is 1. The van der Waals surface area contributed by atoms with Crippen LogP contribution in [0.4, 0.5) is 10.3 Å². The minimum Gasteiger partial charge on any atom is -0.341 e. The standard InChI is InChI=1S/C16H19FN4/c17-15-5-2-1-4-13(15)12-20-14-6-10-21(11-7-14)16-18-8-3-9-19-16/h1-5,8-9,14,20H,6-7,10-12H2. The van der Waals surface area contributed by atoms with E-state index in [1.165, 1.54) is 6.07 Å². The molecule has 0 amide bonds. The summed E-state index contributed by atoms with van der Waals surface area (Å²) in [6, 6.07) is 9.17. The van der Waals surface area contributed by atoms with E-state index in [2.05, 4.69) is 20.2 Å². The lowest BCUT2D eigenvalue weighted by Crippen LogP contribution is -2.42. The number of anilines is 1. The van der Waals surface area contributed by atoms with Crippen LogP contribution in [0.15, 0.2) is 42.7 Å². The molecule has 0 aliphatic carbocycles. The summed E-state index contributed by atoms with van der Waals surface area (Å²) in [5.74, 6) is 0.658. The Bertz CT molecular complexity index is 567. The summed E-state index contributed by atoms with van der Waals surface area (Å²) in [5, 5.41) is 3.44. The largest absolute Gasteiger partial charge is 0.341 e. The molecule has 0 unspecified atom stereocenters. The topological polar surface area (TPSA) is 41.0 Å². The quantitative estimate of drug-likeness (QED) is 0.937. The Morgan fingerprint density at radius 1 is 1.10 bits per heavy atom. The van der Waals surface area contributed by atoms with E-state index in [0.29, 0.717) is 12.6 Å². The van der Waals surface area contributed by atoms with Crippen molar-refractivity contribution < 1.29 is 4.39 Å². The highest BCUT2D eigenvalue weighted by molar-refractivity contribution is 5.29. The van der Waals surface area contributed by atoms with E-state index in [1.807, 2.05) is 18.2 Å². The minimum atomic E-state index is -0.139. The molecule has 1 aliphatic rings. The van der Waals surface area contributed by atoms with Gasteiger partial charge in [0.05, 0.1) is 0 Å². The summed E-state index contributed by atoms with van der Waals surface area (Å²) >= 11 is 0. The molecule has 4 nitrogen and oxygen atoms in total. The van der Waals surface area contributed by atoms with Crippen LogP contribution in [0.5, 0.6) is 0 Å². The van der Waals surface area contributed by atoms with E-state index in [9.17, 15) is 4.39 Å². The Morgan fingerprint density at radius 3 is 2.52 bits per heavy atom. The van der Waals surface area contributed by atoms with Crippen molar-refractivity contribution in [3.05, 3.63) is 54.1 Å². The second kappa shape index (κ2) is 6.63. The maximum absolute atomic E-state index is 13.6. The smallest absolute Gasteiger partial charge is 0.225 e. The predicted octanol–water partition coefficient (Wildman–Crippen LogP) is 2.37. The van der Waals surface area contributed by atoms with E-state index in [-0.39, 0.29) is 5.82 Å². The van der Waals surface area contributed by atoms with Gasteiger partial charge >= 0.3 is 0 Å². The Labute approximate surface area is 124 Å². The summed E-state index contributed by atoms with van der Waals surface area (Å²) in [5.41, 5.74) is 0.728. The van der Waals surface area contributed by atoms with Gasteiger partial charge in [0.25, 0.3) is 0 Å². The van der Waals surface area contributed by atoms with Crippen LogP contribution < -0.4 is 10.2 Å². The number of rotatable bonds is 4. The van der Waals surface area contributed by atoms with Gasteiger partial charge < -0.3 is 10.2 Å². The lowest BCUT2D eigenvalue weighted by Gasteiger charge is -2.32. The summed E-state index contributed by atoms with van der Waals surface area (Å²) in [4.78, 5) is 10.8. The molecule has 1 aliphatic heterocycles. The van der Waals surface area contributed by atoms with Crippen molar-refractivity contribution in [1.29, 1.82) is 0 Å². The van der Waals surface area contributed by atoms with E-state index in [0.717, 1.165) is 37.4 Å². The van der Waals surface area contributed by atoms with E-state index >= 15 is 0 Å². The van der Waals surface area contributed by atoms with Gasteiger partial charge in [0.1, 0.15) is 5.82 Å². The fourth-order valence-corrected chi connectivity index (χ4v) is 2.63. The molecule has 0 atom stereocenters. The molecule has 0 bridgehead atoms. The summed E-state index contributed by atoms with van der Waals surface area (Å²) in [6.45, 7) is 2.44. The molecule has 1 fully saturated rings. The Morgan fingerprint density at radius 2 is 1.81 bits per heavy atom. The lowest BCUT2D eigenvalue weighted by atomic mass is 10.0. The fraction of sp³-hybridized carbons (Fsp3) is 0.375. The molecule has 1 N–H and O–H groups in total. The Hall–Kier alpha value is -2.01. The lowest BCUT2D eigenvalue weighted by molar-refractivity contribution is 0.407. The minimum absolute atomic E-state index is 0.139. The van der Waals surface area contributed by atoms with Crippen LogP contribution in [0.1, 0.15) is 18.4 Å². The summed E-state index contributed by atoms with van der Waals surface area (Å²) in [6.07, 6.45) is 5.58. The average Bonchev–Trinajstić information content (AvgIpc) is 2.55. The molecule has 0 radical (unpaired) electrons. The van der Waals surface area contributed by atoms with Gasteiger partial charge in [-0.25, -0.2) is 14.4 Å². The van der Waals surface area contributed by atoms with Gasteiger partial charge in [0, 0.05) is 43.6 Å². The second-order valence-electron chi connectivity index (χ2n) is 5.28. The highest BCUT2D eigenvalue weighted by Crippen LogP contribution is 2.16. The fourth-order valence-electron chi connectivity index (χ4n) is 2.63. The average molecular weight is 286 g/mol. The van der Waals surface area contributed by atoms with E-state index in [1.54, 1.807) is 18.5 Å². The van der Waals surface area contributed by atoms with Crippen LogP contribution in [-0.2, 0) is 6.54 Å². The molecule has 1 saturated heterocycles. The predicted molar refractivity (Wildman–Crippen MR) is 80.5 cm³/mol. The molecule has 0 spiro atoms. The molecule has 3 rings (SSSR count). The monoisotopic (exact) mass is 286 g/mol. The van der Waals surface area contributed by atoms with Gasteiger partial charge in [0.15, 0.2) is 0 Å². The van der Waals surface area contributed by atoms with Crippen molar-refractivity contribution in [3.8, 4) is 0 Å². The Balaban J connectivity index is 1.49. The molecule has 2 heterocycles. The first-order chi connectivity index (χ1) is 10.3. The number of aromatic nitrogens is 2. The molecular formula is C16H19FN4. The van der Waals surface area contributed by atoms with Crippen LogP contribution in [0.3, 0.4) is 0 Å². The van der Waals surface area contributed by atoms with Crippen molar-refractivity contribution in [1.82, 2.24) is 15.3 Å². The van der Waals surface area contributed by atoms with Gasteiger partial charge in [-0.3, -0.25) is 0 Å². The van der Waals surface area contributed by atoms with Gasteiger partial charge in [-0.15, -0.1) is 0 Å². The molecule has 110 valence electrons. The first-order valence-corrected chi connectivity index (χ1v) is 7.31. The zero-order valence-corrected chi connectivity index (χ0v) is 11.9. The SMILES string of the molecule is Fc1ccccc1CNC1CCN(c2ncccn2)CC1. The number of nitrogens with zero attached hydrogens (tertiary/aromatic N) is 3. The van der Waals surface area contributed by atoms with Gasteiger partial charge in [0.2, 0.25) is 5.95 Å². The van der Waals surface area contributed by atoms with E-state index in [4.69, 9.17) is 0 Å². The number of hydrogen-bond acceptors (Lipinski definition) is 4. The number of nitrogens with one attached hydrogen (secondary N) is 1. The molecular weight excluding hydrogens is 267 g/mol. The molecule has 1 aromatic heterocycles. The zero-order valence-electron chi connectivity index (χ0n) is 11.9. The summed E-state index contributed by atoms with van der Waals surface area (Å²) in [7, 11) is 0. The van der Waals surface area contributed by atoms with Crippen molar-refractivity contribution >= 4 is 5.95 Å². The van der Waals surface area contributed by atoms with Crippen LogP contribution in [0, 0.1) is 5.82 Å². The van der Waals surface area contributed by atoms with Crippen molar-refractivity contribution in [2.24, 2.45) is 0 Å². The van der Waals surface area contributed by atoms with Crippen molar-refractivity contribution in [3.63, 3.8) is 0 Å². The third kappa shape index (κ3) is 3.55. The van der Waals surface area contributed by atoms with Crippen molar-refractivity contribution in [2.45, 2.75) is 25.4 Å². The maximum atomic E-state index is 13.6. The zero-order chi connectivity index (χ0) is 14.5. The number of benzene rings is 1. The Kier molecular flexibility index (Phi) is 4.40. The first-order valence-electron chi connectivity index (χ1n) is 7.31. The van der Waals surface area contributed by atoms with Gasteiger partial charge in [-0.05, 0) is 25.0 Å². The summed E-state index contributed by atoms with van der Waals surface area (Å²) < 4.78 is 13.6. The van der Waals surface area contributed by atoms with Gasteiger partial charge in [-0.1, -0.05) is 18.2 Å². The third-order valence-electron chi connectivity index (χ3n) is 3.87. The molecule has 21 heavy (non-hydrogen) atoms. The molecule has 5 heteroatoms. The third-order valence-corrected chi connectivity index (χ3v) is 3.87. The number of halogens is 1. The van der Waals surface area contributed by atoms with Crippen LogP contribution in [0.2, 0.25) is 0 Å². The van der Waals surface area contributed by atoms with Gasteiger partial charge in [-0.2, -0.15) is 0 Å². The first kappa shape index (κ1) is 13.9. The highest BCUT2D eigenvalue weighted by Gasteiger charge is 2.20. The second-order valence-corrected chi connectivity index (χ2v) is 5.28. The maximum Gasteiger partial charge on any atom is 0.225 e. The number of hydrogen-bond donors (Lipinski definition) is 1. The van der Waals surface area contributed by atoms with Crippen LogP contribution >= 0.6 is 0 Å². The van der Waals surface area contributed by atoms with Crippen LogP contribution in [-0.4, -0.2) is 29.1 Å². The van der Waals surface area contributed by atoms with E-state index < -0.39 is 0 Å². The molecule has 2 aromatic rings. The molecule has 1 aromatic carbocycles. The van der Waals surface area contributed by atoms with Crippen LogP contribution in [0.25, 0.3) is 0 Å². The molecule has 0 saturated carbocycles. The normalized spacial score (nSPS) is 16.1. The highest BCUT2D eigenvalue weighted by atomic mass is 19.1.